The Hall–Kier alpha value is -0.240. The Morgan fingerprint density at radius 3 is 2.58 bits per heavy atom. The molecule has 0 aliphatic carbocycles. The first-order valence-electron chi connectivity index (χ1n) is 2.91. The number of nitriles is 1. The number of benzene rings is 1. The van der Waals surface area contributed by atoms with E-state index in [1.165, 1.54) is 0 Å². The topological polar surface area (TPSA) is 49.8 Å². The summed E-state index contributed by atoms with van der Waals surface area (Å²) in [5.74, 6) is 0. The normalized spacial score (nSPS) is 9.50. The number of hydrogen-bond donors (Lipinski definition) is 1. The summed E-state index contributed by atoms with van der Waals surface area (Å²) in [4.78, 5) is 0. The molecule has 1 aromatic rings. The van der Waals surface area contributed by atoms with E-state index >= 15 is 0 Å². The summed E-state index contributed by atoms with van der Waals surface area (Å²) in [7, 11) is 0. The van der Waals surface area contributed by atoms with Crippen LogP contribution in [0.1, 0.15) is 5.56 Å². The van der Waals surface area contributed by atoms with Crippen LogP contribution in [0.2, 0.25) is 5.02 Å². The fourth-order valence-electron chi connectivity index (χ4n) is 0.708. The highest BCUT2D eigenvalue weighted by Crippen LogP contribution is 2.35. The number of anilines is 1. The van der Waals surface area contributed by atoms with E-state index < -0.39 is 0 Å². The van der Waals surface area contributed by atoms with Crippen molar-refractivity contribution in [2.75, 3.05) is 5.73 Å². The SMILES string of the molecule is N#Cc1c(Cl)cc(Br)c(N)c1Br. The zero-order valence-electron chi connectivity index (χ0n) is 5.74. The van der Waals surface area contributed by atoms with Gasteiger partial charge in [-0.25, -0.2) is 0 Å². The first-order valence-corrected chi connectivity index (χ1v) is 4.87. The highest BCUT2D eigenvalue weighted by atomic mass is 79.9. The van der Waals surface area contributed by atoms with Gasteiger partial charge < -0.3 is 5.73 Å². The Kier molecular flexibility index (Phi) is 2.99. The number of nitrogen functional groups attached to an aromatic ring is 1. The first kappa shape index (κ1) is 9.85. The monoisotopic (exact) mass is 308 g/mol. The molecule has 1 aromatic carbocycles. The third-order valence-electron chi connectivity index (χ3n) is 1.32. The average molecular weight is 310 g/mol. The number of nitrogens with two attached hydrogens (primary N) is 1. The second-order valence-electron chi connectivity index (χ2n) is 2.05. The van der Waals surface area contributed by atoms with Crippen LogP contribution in [0.3, 0.4) is 0 Å². The van der Waals surface area contributed by atoms with Crippen LogP contribution in [0.15, 0.2) is 15.0 Å². The highest BCUT2D eigenvalue weighted by Gasteiger charge is 2.10. The lowest BCUT2D eigenvalue weighted by atomic mass is 10.2. The van der Waals surface area contributed by atoms with Gasteiger partial charge in [-0.05, 0) is 37.9 Å². The summed E-state index contributed by atoms with van der Waals surface area (Å²) < 4.78 is 1.21. The predicted molar refractivity (Wildman–Crippen MR) is 56.0 cm³/mol. The van der Waals surface area contributed by atoms with Gasteiger partial charge in [-0.2, -0.15) is 5.26 Å². The molecule has 0 bridgehead atoms. The van der Waals surface area contributed by atoms with Crippen LogP contribution in [0.4, 0.5) is 5.69 Å². The van der Waals surface area contributed by atoms with Crippen molar-refractivity contribution in [1.29, 1.82) is 5.26 Å². The fourth-order valence-corrected chi connectivity index (χ4v) is 2.41. The van der Waals surface area contributed by atoms with Gasteiger partial charge in [-0.1, -0.05) is 11.6 Å². The van der Waals surface area contributed by atoms with Crippen molar-refractivity contribution in [2.45, 2.75) is 0 Å². The van der Waals surface area contributed by atoms with E-state index in [1.54, 1.807) is 6.07 Å². The quantitative estimate of drug-likeness (QED) is 0.747. The summed E-state index contributed by atoms with van der Waals surface area (Å²) in [6.45, 7) is 0. The van der Waals surface area contributed by atoms with E-state index in [2.05, 4.69) is 31.9 Å². The third-order valence-corrected chi connectivity index (χ3v) is 3.10. The zero-order chi connectivity index (χ0) is 9.30. The molecule has 12 heavy (non-hydrogen) atoms. The maximum atomic E-state index is 8.68. The van der Waals surface area contributed by atoms with E-state index in [0.29, 0.717) is 25.2 Å². The number of nitrogens with zero attached hydrogens (tertiary/aromatic N) is 1. The van der Waals surface area contributed by atoms with Gasteiger partial charge in [0.05, 0.1) is 20.7 Å². The summed E-state index contributed by atoms with van der Waals surface area (Å²) in [6, 6.07) is 3.55. The first-order chi connectivity index (χ1) is 5.57. The average Bonchev–Trinajstić information content (AvgIpc) is 2.01. The van der Waals surface area contributed by atoms with Crippen molar-refractivity contribution < 1.29 is 0 Å². The molecule has 0 saturated heterocycles. The van der Waals surface area contributed by atoms with Gasteiger partial charge in [0.2, 0.25) is 0 Å². The number of rotatable bonds is 0. The second kappa shape index (κ2) is 3.65. The lowest BCUT2D eigenvalue weighted by molar-refractivity contribution is 1.45. The van der Waals surface area contributed by atoms with Gasteiger partial charge in [0, 0.05) is 4.47 Å². The van der Waals surface area contributed by atoms with Gasteiger partial charge in [0.15, 0.2) is 0 Å². The fraction of sp³-hybridized carbons (Fsp3) is 0. The molecule has 1 rings (SSSR count). The van der Waals surface area contributed by atoms with Crippen molar-refractivity contribution in [1.82, 2.24) is 0 Å². The van der Waals surface area contributed by atoms with Crippen molar-refractivity contribution in [2.24, 2.45) is 0 Å². The minimum absolute atomic E-state index is 0.359. The largest absolute Gasteiger partial charge is 0.397 e. The van der Waals surface area contributed by atoms with Crippen LogP contribution in [-0.4, -0.2) is 0 Å². The molecule has 2 N–H and O–H groups in total. The molecular weight excluding hydrogens is 307 g/mol. The Morgan fingerprint density at radius 2 is 2.08 bits per heavy atom. The van der Waals surface area contributed by atoms with Crippen LogP contribution < -0.4 is 5.73 Å². The second-order valence-corrected chi connectivity index (χ2v) is 4.11. The summed E-state index contributed by atoms with van der Waals surface area (Å²) in [5.41, 5.74) is 6.46. The van der Waals surface area contributed by atoms with Crippen LogP contribution in [0.5, 0.6) is 0 Å². The lowest BCUT2D eigenvalue weighted by Crippen LogP contribution is -1.92. The molecule has 0 saturated carbocycles. The molecule has 0 spiro atoms. The van der Waals surface area contributed by atoms with E-state index in [4.69, 9.17) is 22.6 Å². The van der Waals surface area contributed by atoms with Gasteiger partial charge in [-0.15, -0.1) is 0 Å². The standard InChI is InChI=1S/C7H3Br2ClN2/c8-4-1-5(10)3(2-11)6(9)7(4)12/h1H,12H2. The third kappa shape index (κ3) is 1.58. The zero-order valence-corrected chi connectivity index (χ0v) is 9.66. The Bertz CT molecular complexity index is 371. The van der Waals surface area contributed by atoms with Gasteiger partial charge in [0.25, 0.3) is 0 Å². The molecule has 0 aromatic heterocycles. The molecule has 5 heteroatoms. The lowest BCUT2D eigenvalue weighted by Gasteiger charge is -2.04. The molecule has 0 aliphatic rings. The molecule has 62 valence electrons. The van der Waals surface area contributed by atoms with Gasteiger partial charge in [0.1, 0.15) is 6.07 Å². The Labute approximate surface area is 91.6 Å². The maximum absolute atomic E-state index is 8.68. The number of halogens is 3. The summed E-state index contributed by atoms with van der Waals surface area (Å²) in [5, 5.41) is 9.06. The molecule has 0 fully saturated rings. The van der Waals surface area contributed by atoms with E-state index in [9.17, 15) is 0 Å². The maximum Gasteiger partial charge on any atom is 0.102 e. The van der Waals surface area contributed by atoms with Crippen LogP contribution in [0, 0.1) is 11.3 Å². The highest BCUT2D eigenvalue weighted by molar-refractivity contribution is 9.11. The van der Waals surface area contributed by atoms with Gasteiger partial charge in [-0.3, -0.25) is 0 Å². The number of hydrogen-bond acceptors (Lipinski definition) is 2. The Morgan fingerprint density at radius 1 is 1.50 bits per heavy atom. The molecule has 0 radical (unpaired) electrons. The van der Waals surface area contributed by atoms with E-state index in [1.807, 2.05) is 6.07 Å². The Balaban J connectivity index is 3.54. The minimum Gasteiger partial charge on any atom is -0.397 e. The van der Waals surface area contributed by atoms with Gasteiger partial charge >= 0.3 is 0 Å². The predicted octanol–water partition coefficient (Wildman–Crippen LogP) is 3.32. The van der Waals surface area contributed by atoms with Crippen LogP contribution in [0.25, 0.3) is 0 Å². The molecule has 0 heterocycles. The molecule has 0 aliphatic heterocycles. The van der Waals surface area contributed by atoms with Crippen molar-refractivity contribution in [3.63, 3.8) is 0 Å². The molecule has 0 amide bonds. The molecule has 0 atom stereocenters. The molecule has 0 unspecified atom stereocenters. The van der Waals surface area contributed by atoms with Crippen molar-refractivity contribution >= 4 is 49.1 Å². The summed E-state index contributed by atoms with van der Waals surface area (Å²) >= 11 is 12.2. The van der Waals surface area contributed by atoms with Crippen LogP contribution >= 0.6 is 43.5 Å². The van der Waals surface area contributed by atoms with Crippen molar-refractivity contribution in [3.8, 4) is 6.07 Å². The van der Waals surface area contributed by atoms with E-state index in [-0.39, 0.29) is 0 Å². The summed E-state index contributed by atoms with van der Waals surface area (Å²) in [6.07, 6.45) is 0. The smallest absolute Gasteiger partial charge is 0.102 e. The van der Waals surface area contributed by atoms with E-state index in [0.717, 1.165) is 0 Å². The minimum atomic E-state index is 0.359. The van der Waals surface area contributed by atoms with Crippen molar-refractivity contribution in [3.05, 3.63) is 25.6 Å². The molecule has 2 nitrogen and oxygen atoms in total. The van der Waals surface area contributed by atoms with Crippen LogP contribution in [-0.2, 0) is 0 Å². The molecular formula is C7H3Br2ClN2.